The van der Waals surface area contributed by atoms with Gasteiger partial charge in [0.05, 0.1) is 22.1 Å². The Morgan fingerprint density at radius 1 is 1.57 bits per heavy atom. The molecule has 0 radical (unpaired) electrons. The maximum atomic E-state index is 12.2. The summed E-state index contributed by atoms with van der Waals surface area (Å²) in [6, 6.07) is 3.86. The monoisotopic (exact) mass is 341 g/mol. The third kappa shape index (κ3) is 4.89. The van der Waals surface area contributed by atoms with Crippen LogP contribution in [0.1, 0.15) is 16.8 Å². The zero-order valence-corrected chi connectivity index (χ0v) is 13.7. The van der Waals surface area contributed by atoms with Crippen LogP contribution in [0.3, 0.4) is 0 Å². The van der Waals surface area contributed by atoms with Crippen molar-refractivity contribution in [1.82, 2.24) is 10.2 Å². The zero-order valence-electron chi connectivity index (χ0n) is 13.0. The first kappa shape index (κ1) is 17.7. The highest BCUT2D eigenvalue weighted by atomic mass is 35.5. The number of methoxy groups -OCH3 is 1. The molecule has 126 valence electrons. The third-order valence-electron chi connectivity index (χ3n) is 3.94. The van der Waals surface area contributed by atoms with E-state index < -0.39 is 4.92 Å². The van der Waals surface area contributed by atoms with Crippen molar-refractivity contribution in [3.8, 4) is 0 Å². The van der Waals surface area contributed by atoms with E-state index in [1.54, 1.807) is 7.11 Å². The molecule has 2 rings (SSSR count). The summed E-state index contributed by atoms with van der Waals surface area (Å²) < 4.78 is 5.06. The van der Waals surface area contributed by atoms with Crippen LogP contribution in [0.5, 0.6) is 0 Å². The highest BCUT2D eigenvalue weighted by Crippen LogP contribution is 2.22. The highest BCUT2D eigenvalue weighted by Gasteiger charge is 2.23. The summed E-state index contributed by atoms with van der Waals surface area (Å²) in [6.07, 6.45) is 1.03. The van der Waals surface area contributed by atoms with Crippen molar-refractivity contribution in [1.29, 1.82) is 0 Å². The molecule has 1 saturated heterocycles. The molecule has 1 fully saturated rings. The minimum absolute atomic E-state index is 0.0878. The van der Waals surface area contributed by atoms with Crippen molar-refractivity contribution in [3.63, 3.8) is 0 Å². The number of likely N-dealkylation sites (tertiary alicyclic amines) is 1. The number of amides is 1. The number of nitro groups is 1. The quantitative estimate of drug-likeness (QED) is 0.605. The highest BCUT2D eigenvalue weighted by molar-refractivity contribution is 6.34. The molecule has 1 atom stereocenters. The molecule has 1 aromatic carbocycles. The van der Waals surface area contributed by atoms with E-state index in [2.05, 4.69) is 10.2 Å². The maximum absolute atomic E-state index is 12.2. The summed E-state index contributed by atoms with van der Waals surface area (Å²) >= 11 is 5.96. The molecule has 7 nitrogen and oxygen atoms in total. The average molecular weight is 342 g/mol. The molecule has 1 aliphatic heterocycles. The van der Waals surface area contributed by atoms with E-state index in [1.807, 2.05) is 0 Å². The Bertz CT molecular complexity index is 582. The van der Waals surface area contributed by atoms with Gasteiger partial charge in [0.15, 0.2) is 0 Å². The summed E-state index contributed by atoms with van der Waals surface area (Å²) in [5, 5.41) is 13.6. The molecule has 8 heteroatoms. The Kier molecular flexibility index (Phi) is 6.32. The lowest BCUT2D eigenvalue weighted by atomic mass is 10.1. The number of halogens is 1. The smallest absolute Gasteiger partial charge is 0.270 e. The van der Waals surface area contributed by atoms with Crippen LogP contribution >= 0.6 is 11.6 Å². The molecule has 0 aliphatic carbocycles. The van der Waals surface area contributed by atoms with Crippen molar-refractivity contribution in [3.05, 3.63) is 38.9 Å². The average Bonchev–Trinajstić information content (AvgIpc) is 2.98. The summed E-state index contributed by atoms with van der Waals surface area (Å²) in [5.74, 6) is 0.0906. The van der Waals surface area contributed by atoms with Crippen LogP contribution in [-0.2, 0) is 4.74 Å². The number of rotatable bonds is 7. The van der Waals surface area contributed by atoms with Crippen LogP contribution in [0.15, 0.2) is 18.2 Å². The van der Waals surface area contributed by atoms with Gasteiger partial charge in [-0.05, 0) is 24.9 Å². The van der Waals surface area contributed by atoms with Gasteiger partial charge in [-0.15, -0.1) is 0 Å². The number of nitro benzene ring substituents is 1. The lowest BCUT2D eigenvalue weighted by Gasteiger charge is -2.15. The molecule has 0 spiro atoms. The standard InChI is InChI=1S/C15H20ClN3O4/c1-23-7-6-18-5-4-11(10-18)9-17-15(20)13-3-2-12(19(21)22)8-14(13)16/h2-3,8,11H,4-7,9-10H2,1H3,(H,17,20)/t11-/m0/s1. The van der Waals surface area contributed by atoms with Crippen molar-refractivity contribution in [2.24, 2.45) is 5.92 Å². The second-order valence-electron chi connectivity index (χ2n) is 5.58. The van der Waals surface area contributed by atoms with Gasteiger partial charge in [0.25, 0.3) is 11.6 Å². The fraction of sp³-hybridized carbons (Fsp3) is 0.533. The molecule has 1 heterocycles. The fourth-order valence-corrected chi connectivity index (χ4v) is 2.90. The van der Waals surface area contributed by atoms with Gasteiger partial charge in [0.1, 0.15) is 0 Å². The number of hydrogen-bond acceptors (Lipinski definition) is 5. The molecule has 1 aromatic rings. The number of benzene rings is 1. The van der Waals surface area contributed by atoms with Crippen molar-refractivity contribution >= 4 is 23.2 Å². The van der Waals surface area contributed by atoms with E-state index in [0.29, 0.717) is 19.1 Å². The normalized spacial score (nSPS) is 18.1. The number of carbonyl (C=O) groups excluding carboxylic acids is 1. The largest absolute Gasteiger partial charge is 0.383 e. The third-order valence-corrected chi connectivity index (χ3v) is 4.25. The first-order valence-corrected chi connectivity index (χ1v) is 7.82. The van der Waals surface area contributed by atoms with Crippen LogP contribution in [0, 0.1) is 16.0 Å². The van der Waals surface area contributed by atoms with Gasteiger partial charge in [-0.25, -0.2) is 0 Å². The minimum Gasteiger partial charge on any atom is -0.383 e. The lowest BCUT2D eigenvalue weighted by molar-refractivity contribution is -0.384. The van der Waals surface area contributed by atoms with Gasteiger partial charge in [0, 0.05) is 38.9 Å². The number of nitrogens with zero attached hydrogens (tertiary/aromatic N) is 2. The Balaban J connectivity index is 1.85. The van der Waals surface area contributed by atoms with Crippen LogP contribution in [0.2, 0.25) is 5.02 Å². The Morgan fingerprint density at radius 3 is 3.00 bits per heavy atom. The second kappa shape index (κ2) is 8.24. The van der Waals surface area contributed by atoms with Gasteiger partial charge in [-0.2, -0.15) is 0 Å². The Morgan fingerprint density at radius 2 is 2.35 bits per heavy atom. The predicted octanol–water partition coefficient (Wildman–Crippen LogP) is 1.95. The number of nitrogens with one attached hydrogen (secondary N) is 1. The lowest BCUT2D eigenvalue weighted by Crippen LogP contribution is -2.31. The minimum atomic E-state index is -0.541. The summed E-state index contributed by atoms with van der Waals surface area (Å²) in [7, 11) is 1.68. The second-order valence-corrected chi connectivity index (χ2v) is 5.99. The van der Waals surface area contributed by atoms with Crippen LogP contribution in [0.25, 0.3) is 0 Å². The fourth-order valence-electron chi connectivity index (χ4n) is 2.64. The molecular formula is C15H20ClN3O4. The number of hydrogen-bond donors (Lipinski definition) is 1. The van der Waals surface area contributed by atoms with E-state index in [-0.39, 0.29) is 22.2 Å². The first-order valence-electron chi connectivity index (χ1n) is 7.44. The van der Waals surface area contributed by atoms with Crippen molar-refractivity contribution in [2.75, 3.05) is 39.9 Å². The summed E-state index contributed by atoms with van der Waals surface area (Å²) in [5.41, 5.74) is 0.127. The zero-order chi connectivity index (χ0) is 16.8. The molecule has 1 aliphatic rings. The summed E-state index contributed by atoms with van der Waals surface area (Å²) in [4.78, 5) is 24.6. The van der Waals surface area contributed by atoms with Crippen molar-refractivity contribution < 1.29 is 14.5 Å². The van der Waals surface area contributed by atoms with E-state index in [1.165, 1.54) is 18.2 Å². The Labute approximate surface area is 139 Å². The molecule has 23 heavy (non-hydrogen) atoms. The topological polar surface area (TPSA) is 84.7 Å². The van der Waals surface area contributed by atoms with E-state index in [9.17, 15) is 14.9 Å². The molecule has 0 unspecified atom stereocenters. The van der Waals surface area contributed by atoms with Gasteiger partial charge < -0.3 is 15.0 Å². The van der Waals surface area contributed by atoms with Gasteiger partial charge in [0.2, 0.25) is 0 Å². The van der Waals surface area contributed by atoms with Crippen LogP contribution < -0.4 is 5.32 Å². The van der Waals surface area contributed by atoms with Gasteiger partial charge in [-0.1, -0.05) is 11.6 Å². The molecular weight excluding hydrogens is 322 g/mol. The molecule has 0 bridgehead atoms. The molecule has 1 amide bonds. The van der Waals surface area contributed by atoms with Crippen LogP contribution in [-0.4, -0.2) is 55.6 Å². The maximum Gasteiger partial charge on any atom is 0.270 e. The number of non-ortho nitro benzene ring substituents is 1. The SMILES string of the molecule is COCCN1CC[C@@H](CNC(=O)c2ccc([N+](=O)[O-])cc2Cl)C1. The van der Waals surface area contributed by atoms with E-state index in [0.717, 1.165) is 26.1 Å². The van der Waals surface area contributed by atoms with Gasteiger partial charge >= 0.3 is 0 Å². The van der Waals surface area contributed by atoms with Crippen molar-refractivity contribution in [2.45, 2.75) is 6.42 Å². The van der Waals surface area contributed by atoms with Crippen LogP contribution in [0.4, 0.5) is 5.69 Å². The summed E-state index contributed by atoms with van der Waals surface area (Å²) in [6.45, 7) is 4.10. The number of carbonyl (C=O) groups is 1. The molecule has 0 saturated carbocycles. The predicted molar refractivity (Wildman–Crippen MR) is 86.9 cm³/mol. The van der Waals surface area contributed by atoms with E-state index >= 15 is 0 Å². The Hall–Kier alpha value is -1.70. The number of ether oxygens (including phenoxy) is 1. The first-order chi connectivity index (χ1) is 11.0. The van der Waals surface area contributed by atoms with E-state index in [4.69, 9.17) is 16.3 Å². The molecule has 1 N–H and O–H groups in total. The molecule has 0 aromatic heterocycles. The van der Waals surface area contributed by atoms with Gasteiger partial charge in [-0.3, -0.25) is 14.9 Å².